The standard InChI is InChI=1S/C16H23N3O/c1-12-4-6-13(7-5-12)19-14(17)18-11-16(19)8-9-20-15(2,3)10-16/h4-7H,8-11H2,1-3H3,(H2,17,18). The van der Waals surface area contributed by atoms with Crippen LogP contribution in [-0.4, -0.2) is 30.3 Å². The number of rotatable bonds is 1. The summed E-state index contributed by atoms with van der Waals surface area (Å²) in [5.41, 5.74) is 8.41. The van der Waals surface area contributed by atoms with Gasteiger partial charge in [0.25, 0.3) is 0 Å². The van der Waals surface area contributed by atoms with Crippen molar-refractivity contribution in [1.82, 2.24) is 0 Å². The molecular formula is C16H23N3O. The van der Waals surface area contributed by atoms with Gasteiger partial charge < -0.3 is 15.4 Å². The van der Waals surface area contributed by atoms with E-state index in [9.17, 15) is 0 Å². The topological polar surface area (TPSA) is 50.8 Å². The second kappa shape index (κ2) is 4.48. The minimum absolute atomic E-state index is 0.0267. The summed E-state index contributed by atoms with van der Waals surface area (Å²) in [5, 5.41) is 0. The number of anilines is 1. The van der Waals surface area contributed by atoms with Gasteiger partial charge in [0.2, 0.25) is 0 Å². The number of ether oxygens (including phenoxy) is 1. The Morgan fingerprint density at radius 2 is 1.95 bits per heavy atom. The summed E-state index contributed by atoms with van der Waals surface area (Å²) >= 11 is 0. The van der Waals surface area contributed by atoms with Crippen molar-refractivity contribution < 1.29 is 4.74 Å². The van der Waals surface area contributed by atoms with Gasteiger partial charge in [-0.2, -0.15) is 0 Å². The molecule has 1 unspecified atom stereocenters. The third-order valence-corrected chi connectivity index (χ3v) is 4.35. The second-order valence-corrected chi connectivity index (χ2v) is 6.60. The Bertz CT molecular complexity index is 535. The minimum Gasteiger partial charge on any atom is -0.375 e. The Hall–Kier alpha value is -1.55. The quantitative estimate of drug-likeness (QED) is 0.855. The molecule has 0 bridgehead atoms. The van der Waals surface area contributed by atoms with Crippen LogP contribution < -0.4 is 10.6 Å². The van der Waals surface area contributed by atoms with Gasteiger partial charge >= 0.3 is 0 Å². The van der Waals surface area contributed by atoms with Crippen LogP contribution in [-0.2, 0) is 4.74 Å². The Kier molecular flexibility index (Phi) is 3.01. The first kappa shape index (κ1) is 13.4. The molecule has 1 saturated heterocycles. The predicted molar refractivity (Wildman–Crippen MR) is 82.1 cm³/mol. The lowest BCUT2D eigenvalue weighted by Gasteiger charge is -2.47. The first-order valence-electron chi connectivity index (χ1n) is 7.23. The van der Waals surface area contributed by atoms with Crippen molar-refractivity contribution >= 4 is 11.6 Å². The molecular weight excluding hydrogens is 250 g/mol. The Morgan fingerprint density at radius 3 is 2.60 bits per heavy atom. The zero-order valence-corrected chi connectivity index (χ0v) is 12.5. The lowest BCUT2D eigenvalue weighted by molar-refractivity contribution is -0.0757. The third kappa shape index (κ3) is 2.18. The average Bonchev–Trinajstić information content (AvgIpc) is 2.66. The zero-order chi connectivity index (χ0) is 14.4. The molecule has 0 aromatic heterocycles. The van der Waals surface area contributed by atoms with Crippen molar-refractivity contribution in [3.63, 3.8) is 0 Å². The molecule has 0 amide bonds. The van der Waals surface area contributed by atoms with Crippen LogP contribution in [0.3, 0.4) is 0 Å². The zero-order valence-electron chi connectivity index (χ0n) is 12.5. The number of aryl methyl sites for hydroxylation is 1. The monoisotopic (exact) mass is 273 g/mol. The average molecular weight is 273 g/mol. The molecule has 0 saturated carbocycles. The van der Waals surface area contributed by atoms with Crippen molar-refractivity contribution in [2.75, 3.05) is 18.1 Å². The lowest BCUT2D eigenvalue weighted by Crippen LogP contribution is -2.58. The van der Waals surface area contributed by atoms with Crippen LogP contribution in [0.25, 0.3) is 0 Å². The van der Waals surface area contributed by atoms with Crippen molar-refractivity contribution in [2.24, 2.45) is 10.7 Å². The Labute approximate surface area is 120 Å². The highest BCUT2D eigenvalue weighted by Crippen LogP contribution is 2.41. The molecule has 0 aliphatic carbocycles. The van der Waals surface area contributed by atoms with E-state index in [4.69, 9.17) is 10.5 Å². The maximum atomic E-state index is 6.18. The van der Waals surface area contributed by atoms with Crippen molar-refractivity contribution in [1.29, 1.82) is 0 Å². The predicted octanol–water partition coefficient (Wildman–Crippen LogP) is 2.46. The maximum Gasteiger partial charge on any atom is 0.196 e. The highest BCUT2D eigenvalue weighted by atomic mass is 16.5. The molecule has 4 heteroatoms. The fourth-order valence-electron chi connectivity index (χ4n) is 3.49. The van der Waals surface area contributed by atoms with E-state index in [1.807, 2.05) is 0 Å². The van der Waals surface area contributed by atoms with E-state index in [2.05, 4.69) is 54.9 Å². The third-order valence-electron chi connectivity index (χ3n) is 4.35. The van der Waals surface area contributed by atoms with Crippen molar-refractivity contribution in [2.45, 2.75) is 44.8 Å². The van der Waals surface area contributed by atoms with Crippen molar-refractivity contribution in [3.05, 3.63) is 29.8 Å². The van der Waals surface area contributed by atoms with Gasteiger partial charge in [0.15, 0.2) is 5.96 Å². The van der Waals surface area contributed by atoms with Gasteiger partial charge in [-0.05, 0) is 39.3 Å². The van der Waals surface area contributed by atoms with E-state index in [-0.39, 0.29) is 11.1 Å². The van der Waals surface area contributed by atoms with E-state index in [0.717, 1.165) is 31.7 Å². The van der Waals surface area contributed by atoms with Crippen LogP contribution in [0.5, 0.6) is 0 Å². The molecule has 2 aliphatic rings. The maximum absolute atomic E-state index is 6.18. The van der Waals surface area contributed by atoms with Crippen molar-refractivity contribution in [3.8, 4) is 0 Å². The van der Waals surface area contributed by atoms with Gasteiger partial charge in [0, 0.05) is 18.7 Å². The highest BCUT2D eigenvalue weighted by Gasteiger charge is 2.49. The molecule has 2 N–H and O–H groups in total. The Morgan fingerprint density at radius 1 is 1.25 bits per heavy atom. The summed E-state index contributed by atoms with van der Waals surface area (Å²) in [7, 11) is 0. The first-order valence-corrected chi connectivity index (χ1v) is 7.23. The molecule has 1 spiro atoms. The van der Waals surface area contributed by atoms with E-state index < -0.39 is 0 Å². The molecule has 3 rings (SSSR count). The summed E-state index contributed by atoms with van der Waals surface area (Å²) in [6.45, 7) is 7.92. The van der Waals surface area contributed by atoms with Gasteiger partial charge in [-0.15, -0.1) is 0 Å². The summed E-state index contributed by atoms with van der Waals surface area (Å²) in [4.78, 5) is 6.74. The number of benzene rings is 1. The molecule has 1 atom stereocenters. The van der Waals surface area contributed by atoms with E-state index in [1.54, 1.807) is 0 Å². The van der Waals surface area contributed by atoms with Gasteiger partial charge in [-0.25, -0.2) is 0 Å². The molecule has 2 aliphatic heterocycles. The van der Waals surface area contributed by atoms with Crippen LogP contribution >= 0.6 is 0 Å². The minimum atomic E-state index is -0.124. The number of guanidine groups is 1. The summed E-state index contributed by atoms with van der Waals surface area (Å²) in [6.07, 6.45) is 1.91. The fraction of sp³-hybridized carbons (Fsp3) is 0.562. The normalized spacial score (nSPS) is 28.8. The van der Waals surface area contributed by atoms with E-state index in [0.29, 0.717) is 5.96 Å². The molecule has 20 heavy (non-hydrogen) atoms. The smallest absolute Gasteiger partial charge is 0.196 e. The van der Waals surface area contributed by atoms with Gasteiger partial charge in [-0.1, -0.05) is 17.7 Å². The molecule has 0 radical (unpaired) electrons. The van der Waals surface area contributed by atoms with Crippen LogP contribution in [0.1, 0.15) is 32.3 Å². The summed E-state index contributed by atoms with van der Waals surface area (Å²) in [6, 6.07) is 8.51. The molecule has 1 aromatic carbocycles. The fourth-order valence-corrected chi connectivity index (χ4v) is 3.49. The first-order chi connectivity index (χ1) is 9.42. The number of nitrogens with two attached hydrogens (primary N) is 1. The Balaban J connectivity index is 1.97. The molecule has 4 nitrogen and oxygen atoms in total. The van der Waals surface area contributed by atoms with E-state index >= 15 is 0 Å². The number of nitrogens with zero attached hydrogens (tertiary/aromatic N) is 2. The van der Waals surface area contributed by atoms with Crippen LogP contribution in [0.2, 0.25) is 0 Å². The number of hydrogen-bond acceptors (Lipinski definition) is 4. The van der Waals surface area contributed by atoms with Gasteiger partial charge in [0.05, 0.1) is 17.7 Å². The van der Waals surface area contributed by atoms with Gasteiger partial charge in [0.1, 0.15) is 0 Å². The van der Waals surface area contributed by atoms with Crippen LogP contribution in [0, 0.1) is 6.92 Å². The van der Waals surface area contributed by atoms with Crippen LogP contribution in [0.4, 0.5) is 5.69 Å². The molecule has 2 heterocycles. The molecule has 108 valence electrons. The van der Waals surface area contributed by atoms with E-state index in [1.165, 1.54) is 5.56 Å². The molecule has 1 aromatic rings. The molecule has 1 fully saturated rings. The number of hydrogen-bond donors (Lipinski definition) is 1. The largest absolute Gasteiger partial charge is 0.375 e. The summed E-state index contributed by atoms with van der Waals surface area (Å²) < 4.78 is 5.87. The number of aliphatic imine (C=N–C) groups is 1. The SMILES string of the molecule is Cc1ccc(N2C(N)=NCC23CCOC(C)(C)C3)cc1. The highest BCUT2D eigenvalue weighted by molar-refractivity contribution is 5.98. The lowest BCUT2D eigenvalue weighted by atomic mass is 9.80. The summed E-state index contributed by atoms with van der Waals surface area (Å²) in [5.74, 6) is 0.631. The second-order valence-electron chi connectivity index (χ2n) is 6.60. The van der Waals surface area contributed by atoms with Crippen LogP contribution in [0.15, 0.2) is 29.3 Å². The van der Waals surface area contributed by atoms with Gasteiger partial charge in [-0.3, -0.25) is 4.99 Å².